The first kappa shape index (κ1) is 17.3. The quantitative estimate of drug-likeness (QED) is 0.623. The molecule has 1 aromatic carbocycles. The molecule has 0 aliphatic carbocycles. The average molecular weight is 360 g/mol. The predicted molar refractivity (Wildman–Crippen MR) is 97.2 cm³/mol. The Balaban J connectivity index is 1.58. The Bertz CT molecular complexity index is 872. The lowest BCUT2D eigenvalue weighted by Gasteiger charge is -2.00. The Kier molecular flexibility index (Phi) is 5.28. The lowest BCUT2D eigenvalue weighted by atomic mass is 10.1. The monoisotopic (exact) mass is 360 g/mol. The van der Waals surface area contributed by atoms with Crippen LogP contribution in [0.15, 0.2) is 33.9 Å². The summed E-state index contributed by atoms with van der Waals surface area (Å²) >= 11 is 1.32. The number of aromatic amines is 1. The number of benzene rings is 1. The van der Waals surface area contributed by atoms with Crippen molar-refractivity contribution in [1.82, 2.24) is 15.1 Å². The zero-order valence-corrected chi connectivity index (χ0v) is 15.1. The van der Waals surface area contributed by atoms with Gasteiger partial charge in [-0.3, -0.25) is 10.1 Å². The molecule has 0 fully saturated rings. The molecule has 0 spiro atoms. The van der Waals surface area contributed by atoms with Crippen molar-refractivity contribution in [3.8, 4) is 5.75 Å². The third-order valence-corrected chi connectivity index (χ3v) is 4.34. The van der Waals surface area contributed by atoms with E-state index in [4.69, 9.17) is 9.26 Å². The number of carbonyl (C=O) groups is 1. The molecule has 0 unspecified atom stereocenters. The first-order valence-electron chi connectivity index (χ1n) is 8.07. The van der Waals surface area contributed by atoms with Crippen LogP contribution in [-0.2, 0) is 4.79 Å². The number of hydrogen-bond donors (Lipinski definition) is 2. The van der Waals surface area contributed by atoms with Crippen molar-refractivity contribution in [2.24, 2.45) is 0 Å². The second-order valence-corrected chi connectivity index (χ2v) is 6.73. The van der Waals surface area contributed by atoms with Crippen molar-refractivity contribution in [2.45, 2.75) is 31.8 Å². The van der Waals surface area contributed by atoms with Crippen molar-refractivity contribution < 1.29 is 14.1 Å². The second kappa shape index (κ2) is 7.60. The fourth-order valence-electron chi connectivity index (χ4n) is 2.22. The number of H-pyrrole nitrogens is 1. The molecule has 0 aliphatic heterocycles. The Labute approximate surface area is 149 Å². The minimum atomic E-state index is -0.174. The molecule has 1 amide bonds. The molecule has 0 saturated heterocycles. The standard InChI is InChI=1S/C17H20N4O3S/c1-4-23-11-5-6-12-14(7-11)19-17(18-12)25-9-15(22)20-16-8-13(10(2)3)21-24-16/h5-8,10H,4,9H2,1-3H3,(H,18,19)(H,20,22). The molecular weight excluding hydrogens is 340 g/mol. The van der Waals surface area contributed by atoms with Gasteiger partial charge in [-0.05, 0) is 25.0 Å². The molecule has 8 heteroatoms. The van der Waals surface area contributed by atoms with Crippen LogP contribution in [0.1, 0.15) is 32.4 Å². The van der Waals surface area contributed by atoms with Gasteiger partial charge in [0.05, 0.1) is 29.1 Å². The van der Waals surface area contributed by atoms with Crippen LogP contribution in [0, 0.1) is 0 Å². The van der Waals surface area contributed by atoms with Gasteiger partial charge in [-0.15, -0.1) is 0 Å². The molecule has 0 aliphatic rings. The van der Waals surface area contributed by atoms with E-state index < -0.39 is 0 Å². The Morgan fingerprint density at radius 1 is 1.40 bits per heavy atom. The first-order chi connectivity index (χ1) is 12.0. The number of amides is 1. The molecule has 0 radical (unpaired) electrons. The summed E-state index contributed by atoms with van der Waals surface area (Å²) in [5, 5.41) is 7.29. The summed E-state index contributed by atoms with van der Waals surface area (Å²) in [7, 11) is 0. The van der Waals surface area contributed by atoms with Gasteiger partial charge in [0, 0.05) is 12.1 Å². The molecule has 132 valence electrons. The zero-order chi connectivity index (χ0) is 17.8. The fraction of sp³-hybridized carbons (Fsp3) is 0.353. The molecule has 0 bridgehead atoms. The van der Waals surface area contributed by atoms with E-state index in [0.717, 1.165) is 22.5 Å². The Hall–Kier alpha value is -2.48. The number of rotatable bonds is 7. The fourth-order valence-corrected chi connectivity index (χ4v) is 2.90. The lowest BCUT2D eigenvalue weighted by molar-refractivity contribution is -0.113. The topological polar surface area (TPSA) is 93.0 Å². The number of thioether (sulfide) groups is 1. The minimum Gasteiger partial charge on any atom is -0.494 e. The van der Waals surface area contributed by atoms with Crippen LogP contribution < -0.4 is 10.1 Å². The van der Waals surface area contributed by atoms with Gasteiger partial charge >= 0.3 is 0 Å². The van der Waals surface area contributed by atoms with Crippen LogP contribution in [0.2, 0.25) is 0 Å². The Morgan fingerprint density at radius 3 is 2.96 bits per heavy atom. The second-order valence-electron chi connectivity index (χ2n) is 5.76. The van der Waals surface area contributed by atoms with Gasteiger partial charge in [-0.25, -0.2) is 4.98 Å². The van der Waals surface area contributed by atoms with Crippen LogP contribution in [0.5, 0.6) is 5.75 Å². The Morgan fingerprint density at radius 2 is 2.24 bits per heavy atom. The largest absolute Gasteiger partial charge is 0.494 e. The summed E-state index contributed by atoms with van der Waals surface area (Å²) in [6.07, 6.45) is 0. The van der Waals surface area contributed by atoms with Crippen LogP contribution in [-0.4, -0.2) is 33.4 Å². The van der Waals surface area contributed by atoms with Crippen molar-refractivity contribution in [3.05, 3.63) is 30.0 Å². The highest BCUT2D eigenvalue weighted by Gasteiger charge is 2.12. The van der Waals surface area contributed by atoms with E-state index >= 15 is 0 Å². The summed E-state index contributed by atoms with van der Waals surface area (Å²) in [6, 6.07) is 7.41. The van der Waals surface area contributed by atoms with Gasteiger partial charge < -0.3 is 14.2 Å². The number of aromatic nitrogens is 3. The van der Waals surface area contributed by atoms with E-state index in [2.05, 4.69) is 20.4 Å². The molecular formula is C17H20N4O3S. The molecule has 3 aromatic rings. The number of nitrogens with one attached hydrogen (secondary N) is 2. The highest BCUT2D eigenvalue weighted by Crippen LogP contribution is 2.24. The highest BCUT2D eigenvalue weighted by molar-refractivity contribution is 7.99. The maximum Gasteiger partial charge on any atom is 0.237 e. The lowest BCUT2D eigenvalue weighted by Crippen LogP contribution is -2.13. The normalized spacial score (nSPS) is 11.2. The van der Waals surface area contributed by atoms with Crippen LogP contribution in [0.25, 0.3) is 11.0 Å². The maximum atomic E-state index is 12.0. The van der Waals surface area contributed by atoms with Crippen molar-refractivity contribution in [2.75, 3.05) is 17.7 Å². The third kappa shape index (κ3) is 4.33. The zero-order valence-electron chi connectivity index (χ0n) is 14.3. The highest BCUT2D eigenvalue weighted by atomic mass is 32.2. The van der Waals surface area contributed by atoms with Gasteiger partial charge in [0.1, 0.15) is 5.75 Å². The van der Waals surface area contributed by atoms with Gasteiger partial charge in [-0.2, -0.15) is 0 Å². The summed E-state index contributed by atoms with van der Waals surface area (Å²) in [4.78, 5) is 19.7. The molecule has 3 rings (SSSR count). The van der Waals surface area contributed by atoms with Crippen LogP contribution in [0.3, 0.4) is 0 Å². The van der Waals surface area contributed by atoms with E-state index in [1.54, 1.807) is 6.07 Å². The average Bonchev–Trinajstić information content (AvgIpc) is 3.19. The van der Waals surface area contributed by atoms with Crippen LogP contribution in [0.4, 0.5) is 5.88 Å². The van der Waals surface area contributed by atoms with E-state index in [0.29, 0.717) is 17.6 Å². The van der Waals surface area contributed by atoms with Crippen molar-refractivity contribution in [3.63, 3.8) is 0 Å². The number of nitrogens with zero attached hydrogens (tertiary/aromatic N) is 2. The summed E-state index contributed by atoms with van der Waals surface area (Å²) < 4.78 is 10.6. The van der Waals surface area contributed by atoms with Gasteiger partial charge in [0.15, 0.2) is 5.16 Å². The van der Waals surface area contributed by atoms with Crippen molar-refractivity contribution >= 4 is 34.6 Å². The number of carbonyl (C=O) groups excluding carboxylic acids is 1. The predicted octanol–water partition coefficient (Wildman–Crippen LogP) is 3.80. The summed E-state index contributed by atoms with van der Waals surface area (Å²) in [5.74, 6) is 1.45. The van der Waals surface area contributed by atoms with Crippen molar-refractivity contribution in [1.29, 1.82) is 0 Å². The van der Waals surface area contributed by atoms with E-state index in [1.807, 2.05) is 39.0 Å². The number of hydrogen-bond acceptors (Lipinski definition) is 6. The first-order valence-corrected chi connectivity index (χ1v) is 9.05. The summed E-state index contributed by atoms with van der Waals surface area (Å²) in [6.45, 7) is 6.58. The smallest absolute Gasteiger partial charge is 0.237 e. The molecule has 7 nitrogen and oxygen atoms in total. The number of ether oxygens (including phenoxy) is 1. The van der Waals surface area contributed by atoms with Crippen LogP contribution >= 0.6 is 11.8 Å². The molecule has 0 atom stereocenters. The number of fused-ring (bicyclic) bond motifs is 1. The van der Waals surface area contributed by atoms with E-state index in [9.17, 15) is 4.79 Å². The SMILES string of the molecule is CCOc1ccc2nc(SCC(=O)Nc3cc(C(C)C)no3)[nH]c2c1. The minimum absolute atomic E-state index is 0.174. The molecule has 2 heterocycles. The molecule has 2 N–H and O–H groups in total. The third-order valence-electron chi connectivity index (χ3n) is 3.47. The number of anilines is 1. The molecule has 25 heavy (non-hydrogen) atoms. The number of imidazole rings is 1. The summed E-state index contributed by atoms with van der Waals surface area (Å²) in [5.41, 5.74) is 2.53. The molecule has 0 saturated carbocycles. The van der Waals surface area contributed by atoms with Gasteiger partial charge in [0.25, 0.3) is 0 Å². The molecule has 2 aromatic heterocycles. The van der Waals surface area contributed by atoms with Gasteiger partial charge in [-0.1, -0.05) is 30.8 Å². The van der Waals surface area contributed by atoms with E-state index in [-0.39, 0.29) is 17.6 Å². The maximum absolute atomic E-state index is 12.0. The van der Waals surface area contributed by atoms with Gasteiger partial charge in [0.2, 0.25) is 11.8 Å². The van der Waals surface area contributed by atoms with E-state index in [1.165, 1.54) is 11.8 Å².